The number of alkyl halides is 1. The lowest BCUT2D eigenvalue weighted by molar-refractivity contribution is 0.118. The minimum Gasteiger partial charge on any atom is -0.379 e. The molecule has 0 bridgehead atoms. The van der Waals surface area contributed by atoms with E-state index in [4.69, 9.17) is 16.3 Å². The molecule has 0 radical (unpaired) electrons. The lowest BCUT2D eigenvalue weighted by Crippen LogP contribution is -2.28. The molecule has 84 valence electrons. The molecule has 0 spiro atoms. The summed E-state index contributed by atoms with van der Waals surface area (Å²) in [5, 5.41) is 0. The zero-order valence-corrected chi connectivity index (χ0v) is 9.93. The van der Waals surface area contributed by atoms with Crippen LogP contribution < -0.4 is 0 Å². The van der Waals surface area contributed by atoms with E-state index in [2.05, 4.69) is 11.9 Å². The minimum atomic E-state index is 0.604. The summed E-state index contributed by atoms with van der Waals surface area (Å²) < 4.78 is 5.34. The van der Waals surface area contributed by atoms with Gasteiger partial charge < -0.3 is 9.64 Å². The minimum absolute atomic E-state index is 0.604. The molecule has 0 unspecified atom stereocenters. The summed E-state index contributed by atoms with van der Waals surface area (Å²) in [5.41, 5.74) is 0. The molecule has 1 aliphatic rings. The number of nitrogens with zero attached hydrogens (tertiary/aromatic N) is 1. The molecule has 1 rings (SSSR count). The van der Waals surface area contributed by atoms with Gasteiger partial charge in [-0.15, -0.1) is 11.6 Å². The van der Waals surface area contributed by atoms with Crippen molar-refractivity contribution < 1.29 is 4.74 Å². The Bertz CT molecular complexity index is 137. The molecule has 0 saturated heterocycles. The van der Waals surface area contributed by atoms with Crippen molar-refractivity contribution in [1.29, 1.82) is 0 Å². The standard InChI is InChI=1S/C11H22ClNO/c1-13(7-9-14-8-6-12)10-11-4-2-3-5-11/h11H,2-10H2,1H3. The van der Waals surface area contributed by atoms with E-state index >= 15 is 0 Å². The van der Waals surface area contributed by atoms with E-state index in [0.29, 0.717) is 12.5 Å². The predicted octanol–water partition coefficient (Wildman–Crippen LogP) is 2.36. The normalized spacial score (nSPS) is 18.2. The quantitative estimate of drug-likeness (QED) is 0.482. The van der Waals surface area contributed by atoms with Gasteiger partial charge in [0, 0.05) is 19.0 Å². The van der Waals surface area contributed by atoms with Crippen molar-refractivity contribution in [2.45, 2.75) is 25.7 Å². The van der Waals surface area contributed by atoms with Crippen LogP contribution >= 0.6 is 11.6 Å². The molecule has 0 aromatic rings. The highest BCUT2D eigenvalue weighted by atomic mass is 35.5. The molecular weight excluding hydrogens is 198 g/mol. The fourth-order valence-electron chi connectivity index (χ4n) is 2.10. The maximum Gasteiger partial charge on any atom is 0.0602 e. The van der Waals surface area contributed by atoms with Crippen LogP contribution in [0, 0.1) is 5.92 Å². The molecule has 1 aliphatic carbocycles. The Morgan fingerprint density at radius 3 is 2.64 bits per heavy atom. The first-order valence-electron chi connectivity index (χ1n) is 5.65. The van der Waals surface area contributed by atoms with Crippen molar-refractivity contribution in [2.24, 2.45) is 5.92 Å². The molecule has 14 heavy (non-hydrogen) atoms. The molecule has 3 heteroatoms. The van der Waals surface area contributed by atoms with Gasteiger partial charge in [-0.25, -0.2) is 0 Å². The maximum atomic E-state index is 5.52. The van der Waals surface area contributed by atoms with E-state index in [9.17, 15) is 0 Å². The Morgan fingerprint density at radius 2 is 2.00 bits per heavy atom. The number of halogens is 1. The summed E-state index contributed by atoms with van der Waals surface area (Å²) >= 11 is 5.52. The number of likely N-dealkylation sites (N-methyl/N-ethyl adjacent to an activating group) is 1. The average molecular weight is 220 g/mol. The molecular formula is C11H22ClNO. The van der Waals surface area contributed by atoms with Crippen LogP contribution in [0.2, 0.25) is 0 Å². The Morgan fingerprint density at radius 1 is 1.29 bits per heavy atom. The summed E-state index contributed by atoms with van der Waals surface area (Å²) in [6.07, 6.45) is 5.71. The second kappa shape index (κ2) is 7.49. The fraction of sp³-hybridized carbons (Fsp3) is 1.00. The van der Waals surface area contributed by atoms with Crippen molar-refractivity contribution in [3.63, 3.8) is 0 Å². The SMILES string of the molecule is CN(CCOCCCl)CC1CCCC1. The Balaban J connectivity index is 1.95. The van der Waals surface area contributed by atoms with Gasteiger partial charge in [-0.1, -0.05) is 12.8 Å². The summed E-state index contributed by atoms with van der Waals surface area (Å²) in [5.74, 6) is 1.54. The molecule has 2 nitrogen and oxygen atoms in total. The lowest BCUT2D eigenvalue weighted by atomic mass is 10.1. The summed E-state index contributed by atoms with van der Waals surface area (Å²) in [7, 11) is 2.18. The van der Waals surface area contributed by atoms with E-state index < -0.39 is 0 Å². The van der Waals surface area contributed by atoms with Crippen LogP contribution in [-0.2, 0) is 4.74 Å². The first-order chi connectivity index (χ1) is 6.83. The Hall–Kier alpha value is 0.210. The summed E-state index contributed by atoms with van der Waals surface area (Å²) in [6.45, 7) is 3.77. The molecule has 0 aromatic heterocycles. The first-order valence-corrected chi connectivity index (χ1v) is 6.18. The molecule has 1 saturated carbocycles. The van der Waals surface area contributed by atoms with Gasteiger partial charge in [0.25, 0.3) is 0 Å². The molecule has 0 aliphatic heterocycles. The van der Waals surface area contributed by atoms with Gasteiger partial charge in [-0.3, -0.25) is 0 Å². The first kappa shape index (κ1) is 12.3. The smallest absolute Gasteiger partial charge is 0.0602 e. The zero-order chi connectivity index (χ0) is 10.2. The monoisotopic (exact) mass is 219 g/mol. The van der Waals surface area contributed by atoms with Crippen LogP contribution in [0.4, 0.5) is 0 Å². The van der Waals surface area contributed by atoms with E-state index in [0.717, 1.165) is 19.1 Å². The molecule has 0 atom stereocenters. The van der Waals surface area contributed by atoms with Gasteiger partial charge in [-0.2, -0.15) is 0 Å². The predicted molar refractivity (Wildman–Crippen MR) is 61.0 cm³/mol. The van der Waals surface area contributed by atoms with Crippen LogP contribution in [-0.4, -0.2) is 44.1 Å². The largest absolute Gasteiger partial charge is 0.379 e. The Kier molecular flexibility index (Phi) is 6.57. The second-order valence-electron chi connectivity index (χ2n) is 4.21. The van der Waals surface area contributed by atoms with Crippen LogP contribution in [0.15, 0.2) is 0 Å². The lowest BCUT2D eigenvalue weighted by Gasteiger charge is -2.20. The van der Waals surface area contributed by atoms with Gasteiger partial charge in [0.05, 0.1) is 13.2 Å². The topological polar surface area (TPSA) is 12.5 Å². The van der Waals surface area contributed by atoms with Gasteiger partial charge in [0.1, 0.15) is 0 Å². The van der Waals surface area contributed by atoms with Gasteiger partial charge in [-0.05, 0) is 25.8 Å². The Labute approximate surface area is 92.6 Å². The number of ether oxygens (including phenoxy) is 1. The third-order valence-corrected chi connectivity index (χ3v) is 3.04. The van der Waals surface area contributed by atoms with Crippen molar-refractivity contribution in [3.8, 4) is 0 Å². The van der Waals surface area contributed by atoms with Crippen LogP contribution in [0.5, 0.6) is 0 Å². The van der Waals surface area contributed by atoms with Gasteiger partial charge in [0.2, 0.25) is 0 Å². The van der Waals surface area contributed by atoms with Crippen molar-refractivity contribution in [2.75, 3.05) is 39.2 Å². The van der Waals surface area contributed by atoms with E-state index in [1.54, 1.807) is 0 Å². The number of hydrogen-bond donors (Lipinski definition) is 0. The third-order valence-electron chi connectivity index (χ3n) is 2.88. The van der Waals surface area contributed by atoms with Gasteiger partial charge in [0.15, 0.2) is 0 Å². The molecule has 0 amide bonds. The van der Waals surface area contributed by atoms with Crippen molar-refractivity contribution in [1.82, 2.24) is 4.90 Å². The van der Waals surface area contributed by atoms with E-state index in [1.807, 2.05) is 0 Å². The fourth-order valence-corrected chi connectivity index (χ4v) is 2.21. The second-order valence-corrected chi connectivity index (χ2v) is 4.59. The maximum absolute atomic E-state index is 5.52. The zero-order valence-electron chi connectivity index (χ0n) is 9.17. The van der Waals surface area contributed by atoms with Crippen molar-refractivity contribution >= 4 is 11.6 Å². The van der Waals surface area contributed by atoms with Gasteiger partial charge >= 0.3 is 0 Å². The van der Waals surface area contributed by atoms with Crippen LogP contribution in [0.3, 0.4) is 0 Å². The third kappa shape index (κ3) is 5.18. The summed E-state index contributed by atoms with van der Waals surface area (Å²) in [6, 6.07) is 0. The molecule has 1 fully saturated rings. The average Bonchev–Trinajstić information content (AvgIpc) is 2.65. The van der Waals surface area contributed by atoms with Crippen LogP contribution in [0.1, 0.15) is 25.7 Å². The molecule has 0 heterocycles. The van der Waals surface area contributed by atoms with Crippen LogP contribution in [0.25, 0.3) is 0 Å². The highest BCUT2D eigenvalue weighted by molar-refractivity contribution is 6.17. The number of hydrogen-bond acceptors (Lipinski definition) is 2. The van der Waals surface area contributed by atoms with Crippen molar-refractivity contribution in [3.05, 3.63) is 0 Å². The molecule has 0 N–H and O–H groups in total. The summed E-state index contributed by atoms with van der Waals surface area (Å²) in [4.78, 5) is 2.38. The molecule has 0 aromatic carbocycles. The number of rotatable bonds is 7. The van der Waals surface area contributed by atoms with E-state index in [-0.39, 0.29) is 0 Å². The highest BCUT2D eigenvalue weighted by Crippen LogP contribution is 2.24. The highest BCUT2D eigenvalue weighted by Gasteiger charge is 2.16. The van der Waals surface area contributed by atoms with E-state index in [1.165, 1.54) is 32.2 Å².